The van der Waals surface area contributed by atoms with Crippen molar-refractivity contribution in [3.05, 3.63) is 17.5 Å². The highest BCUT2D eigenvalue weighted by molar-refractivity contribution is 5.33. The van der Waals surface area contributed by atoms with Crippen LogP contribution < -0.4 is 5.32 Å². The molecule has 1 N–H and O–H groups in total. The van der Waals surface area contributed by atoms with Crippen LogP contribution in [0.25, 0.3) is 0 Å². The van der Waals surface area contributed by atoms with Crippen LogP contribution in [0, 0.1) is 18.3 Å². The summed E-state index contributed by atoms with van der Waals surface area (Å²) in [6, 6.07) is 4.18. The van der Waals surface area contributed by atoms with Gasteiger partial charge in [-0.1, -0.05) is 6.92 Å². The number of nitriles is 1. The minimum Gasteiger partial charge on any atom is -0.351 e. The molecule has 5 heteroatoms. The van der Waals surface area contributed by atoms with Crippen molar-refractivity contribution >= 4 is 5.95 Å². The van der Waals surface area contributed by atoms with E-state index in [1.807, 2.05) is 6.92 Å². The van der Waals surface area contributed by atoms with Gasteiger partial charge in [0.15, 0.2) is 0 Å². The third-order valence-electron chi connectivity index (χ3n) is 3.34. The number of nitrogens with one attached hydrogen (secondary N) is 1. The topological polar surface area (TPSA) is 64.8 Å². The number of likely N-dealkylation sites (tertiary alicyclic amines) is 1. The number of hydrogen-bond donors (Lipinski definition) is 1. The Hall–Kier alpha value is -1.67. The quantitative estimate of drug-likeness (QED) is 0.875. The van der Waals surface area contributed by atoms with Crippen LogP contribution in [0.15, 0.2) is 6.07 Å². The first-order chi connectivity index (χ1) is 8.71. The zero-order valence-corrected chi connectivity index (χ0v) is 11.0. The number of anilines is 1. The maximum Gasteiger partial charge on any atom is 0.224 e. The highest BCUT2D eigenvalue weighted by Crippen LogP contribution is 2.14. The summed E-state index contributed by atoms with van der Waals surface area (Å²) in [4.78, 5) is 11.0. The van der Waals surface area contributed by atoms with Crippen LogP contribution in [0.3, 0.4) is 0 Å². The molecule has 0 aromatic carbocycles. The fourth-order valence-electron chi connectivity index (χ4n) is 2.27. The summed E-state index contributed by atoms with van der Waals surface area (Å²) in [5.74, 6) is 0.585. The Morgan fingerprint density at radius 2 is 2.17 bits per heavy atom. The van der Waals surface area contributed by atoms with Crippen LogP contribution in [-0.4, -0.2) is 40.5 Å². The van der Waals surface area contributed by atoms with Crippen LogP contribution in [-0.2, 0) is 0 Å². The smallest absolute Gasteiger partial charge is 0.224 e. The number of rotatable bonds is 3. The van der Waals surface area contributed by atoms with Gasteiger partial charge in [-0.15, -0.1) is 0 Å². The summed E-state index contributed by atoms with van der Waals surface area (Å²) in [5.41, 5.74) is 1.26. The first-order valence-electron chi connectivity index (χ1n) is 6.46. The fraction of sp³-hybridized carbons (Fsp3) is 0.615. The molecule has 0 unspecified atom stereocenters. The molecule has 0 aliphatic carbocycles. The van der Waals surface area contributed by atoms with Crippen LogP contribution in [0.5, 0.6) is 0 Å². The van der Waals surface area contributed by atoms with Gasteiger partial charge in [-0.05, 0) is 32.4 Å². The second-order valence-corrected chi connectivity index (χ2v) is 4.68. The van der Waals surface area contributed by atoms with E-state index in [9.17, 15) is 0 Å². The van der Waals surface area contributed by atoms with E-state index in [-0.39, 0.29) is 0 Å². The zero-order valence-electron chi connectivity index (χ0n) is 11.0. The summed E-state index contributed by atoms with van der Waals surface area (Å²) in [6.07, 6.45) is 2.21. The predicted molar refractivity (Wildman–Crippen MR) is 70.2 cm³/mol. The minimum absolute atomic E-state index is 0.418. The molecule has 5 nitrogen and oxygen atoms in total. The van der Waals surface area contributed by atoms with Crippen molar-refractivity contribution in [1.82, 2.24) is 14.9 Å². The monoisotopic (exact) mass is 245 g/mol. The van der Waals surface area contributed by atoms with E-state index < -0.39 is 0 Å². The molecule has 2 heterocycles. The molecule has 0 amide bonds. The molecule has 1 fully saturated rings. The summed E-state index contributed by atoms with van der Waals surface area (Å²) < 4.78 is 0. The molecule has 1 aromatic rings. The van der Waals surface area contributed by atoms with E-state index in [0.717, 1.165) is 38.2 Å². The van der Waals surface area contributed by atoms with E-state index in [1.165, 1.54) is 0 Å². The maximum atomic E-state index is 8.88. The lowest BCUT2D eigenvalue weighted by Gasteiger charge is -2.31. The molecule has 0 saturated carbocycles. The average Bonchev–Trinajstić information content (AvgIpc) is 2.39. The molecule has 18 heavy (non-hydrogen) atoms. The largest absolute Gasteiger partial charge is 0.351 e. The van der Waals surface area contributed by atoms with Crippen LogP contribution in [0.1, 0.15) is 31.2 Å². The Bertz CT molecular complexity index is 443. The Labute approximate surface area is 108 Å². The summed E-state index contributed by atoms with van der Waals surface area (Å²) in [5, 5.41) is 12.2. The van der Waals surface area contributed by atoms with Crippen molar-refractivity contribution in [2.45, 2.75) is 32.7 Å². The van der Waals surface area contributed by atoms with E-state index >= 15 is 0 Å². The third-order valence-corrected chi connectivity index (χ3v) is 3.34. The number of piperidine rings is 1. The number of nitrogens with zero attached hydrogens (tertiary/aromatic N) is 4. The number of hydrogen-bond acceptors (Lipinski definition) is 5. The first-order valence-corrected chi connectivity index (χ1v) is 6.46. The lowest BCUT2D eigenvalue weighted by molar-refractivity contribution is 0.229. The van der Waals surface area contributed by atoms with E-state index in [2.05, 4.69) is 33.2 Å². The second-order valence-electron chi connectivity index (χ2n) is 4.68. The van der Waals surface area contributed by atoms with Gasteiger partial charge in [-0.2, -0.15) is 5.26 Å². The van der Waals surface area contributed by atoms with Crippen molar-refractivity contribution in [2.75, 3.05) is 25.0 Å². The van der Waals surface area contributed by atoms with Crippen molar-refractivity contribution in [1.29, 1.82) is 5.26 Å². The SMILES string of the molecule is CCN1CCC(Nc2nc(C)cc(C#N)n2)CC1. The second kappa shape index (κ2) is 5.78. The maximum absolute atomic E-state index is 8.88. The molecule has 96 valence electrons. The Balaban J connectivity index is 1.98. The van der Waals surface area contributed by atoms with Crippen molar-refractivity contribution in [3.8, 4) is 6.07 Å². The normalized spacial score (nSPS) is 17.4. The fourth-order valence-corrected chi connectivity index (χ4v) is 2.27. The third kappa shape index (κ3) is 3.17. The van der Waals surface area contributed by atoms with E-state index in [1.54, 1.807) is 6.07 Å². The molecule has 2 rings (SSSR count). The molecule has 1 aliphatic rings. The van der Waals surface area contributed by atoms with Gasteiger partial charge in [0, 0.05) is 24.8 Å². The average molecular weight is 245 g/mol. The van der Waals surface area contributed by atoms with E-state index in [4.69, 9.17) is 5.26 Å². The molecule has 0 bridgehead atoms. The molecule has 1 aromatic heterocycles. The molecular weight excluding hydrogens is 226 g/mol. The van der Waals surface area contributed by atoms with Gasteiger partial charge in [-0.25, -0.2) is 9.97 Å². The van der Waals surface area contributed by atoms with Gasteiger partial charge in [0.2, 0.25) is 5.95 Å². The summed E-state index contributed by atoms with van der Waals surface area (Å²) >= 11 is 0. The van der Waals surface area contributed by atoms with Gasteiger partial charge >= 0.3 is 0 Å². The van der Waals surface area contributed by atoms with Gasteiger partial charge in [0.25, 0.3) is 0 Å². The molecule has 1 aliphatic heterocycles. The molecule has 1 saturated heterocycles. The molecule has 0 spiro atoms. The van der Waals surface area contributed by atoms with Gasteiger partial charge in [-0.3, -0.25) is 0 Å². The molecular formula is C13H19N5. The molecule has 0 radical (unpaired) electrons. The van der Waals surface area contributed by atoms with Gasteiger partial charge in [0.05, 0.1) is 0 Å². The molecule has 0 atom stereocenters. The van der Waals surface area contributed by atoms with E-state index in [0.29, 0.717) is 17.7 Å². The minimum atomic E-state index is 0.418. The lowest BCUT2D eigenvalue weighted by Crippen LogP contribution is -2.39. The van der Waals surface area contributed by atoms with Crippen LogP contribution >= 0.6 is 0 Å². The standard InChI is InChI=1S/C13H19N5/c1-3-18-6-4-11(5-7-18)16-13-15-10(2)8-12(9-14)17-13/h8,11H,3-7H2,1-2H3,(H,15,16,17). The first kappa shape index (κ1) is 12.8. The number of aromatic nitrogens is 2. The van der Waals surface area contributed by atoms with Gasteiger partial charge in [0.1, 0.15) is 11.8 Å². The Morgan fingerprint density at radius 3 is 2.78 bits per heavy atom. The van der Waals surface area contributed by atoms with Crippen molar-refractivity contribution < 1.29 is 0 Å². The number of aryl methyl sites for hydroxylation is 1. The van der Waals surface area contributed by atoms with Crippen molar-refractivity contribution in [3.63, 3.8) is 0 Å². The zero-order chi connectivity index (χ0) is 13.0. The summed E-state index contributed by atoms with van der Waals surface area (Å²) in [7, 11) is 0. The van der Waals surface area contributed by atoms with Crippen molar-refractivity contribution in [2.24, 2.45) is 0 Å². The summed E-state index contributed by atoms with van der Waals surface area (Å²) in [6.45, 7) is 7.42. The van der Waals surface area contributed by atoms with Crippen LogP contribution in [0.4, 0.5) is 5.95 Å². The Morgan fingerprint density at radius 1 is 1.44 bits per heavy atom. The predicted octanol–water partition coefficient (Wildman–Crippen LogP) is 1.55. The highest BCUT2D eigenvalue weighted by Gasteiger charge is 2.18. The Kier molecular flexibility index (Phi) is 4.11. The van der Waals surface area contributed by atoms with Gasteiger partial charge < -0.3 is 10.2 Å². The van der Waals surface area contributed by atoms with Crippen LogP contribution in [0.2, 0.25) is 0 Å². The highest BCUT2D eigenvalue weighted by atomic mass is 15.2. The lowest BCUT2D eigenvalue weighted by atomic mass is 10.1.